The van der Waals surface area contributed by atoms with Crippen LogP contribution in [0.25, 0.3) is 0 Å². The number of benzene rings is 1. The zero-order chi connectivity index (χ0) is 13.7. The van der Waals surface area contributed by atoms with Crippen LogP contribution in [0.5, 0.6) is 0 Å². The predicted octanol–water partition coefficient (Wildman–Crippen LogP) is 1.03. The predicted molar refractivity (Wildman–Crippen MR) is 66.3 cm³/mol. The van der Waals surface area contributed by atoms with Gasteiger partial charge in [-0.3, -0.25) is 4.79 Å². The molecule has 1 heterocycles. The summed E-state index contributed by atoms with van der Waals surface area (Å²) in [4.78, 5) is 23.1. The molecule has 1 aromatic heterocycles. The van der Waals surface area contributed by atoms with Crippen molar-refractivity contribution in [3.8, 4) is 0 Å². The maximum atomic E-state index is 11.9. The van der Waals surface area contributed by atoms with E-state index in [-0.39, 0.29) is 5.56 Å². The highest BCUT2D eigenvalue weighted by atomic mass is 16.4. The van der Waals surface area contributed by atoms with Crippen molar-refractivity contribution in [1.82, 2.24) is 15.5 Å². The lowest BCUT2D eigenvalue weighted by molar-refractivity contribution is -0.139. The molecule has 1 aromatic carbocycles. The first-order valence-electron chi connectivity index (χ1n) is 5.54. The summed E-state index contributed by atoms with van der Waals surface area (Å²) in [6.45, 7) is 0. The largest absolute Gasteiger partial charge is 0.479 e. The molecule has 0 saturated heterocycles. The Labute approximate surface area is 109 Å². The topological polar surface area (TPSA) is 92.2 Å². The number of aliphatic carboxylic acids is 1. The molecular formula is C13H11N3O3. The molecule has 2 aromatic rings. The normalized spacial score (nSPS) is 11.6. The molecule has 0 unspecified atom stereocenters. The van der Waals surface area contributed by atoms with E-state index in [4.69, 9.17) is 0 Å². The molecule has 0 fully saturated rings. The highest BCUT2D eigenvalue weighted by molar-refractivity contribution is 5.96. The van der Waals surface area contributed by atoms with Gasteiger partial charge in [0.1, 0.15) is 0 Å². The molecule has 0 spiro atoms. The smallest absolute Gasteiger partial charge is 0.330 e. The number of carbonyl (C=O) groups is 2. The zero-order valence-electron chi connectivity index (χ0n) is 9.85. The minimum Gasteiger partial charge on any atom is -0.479 e. The molecule has 0 aliphatic rings. The van der Waals surface area contributed by atoms with E-state index in [1.807, 2.05) is 0 Å². The SMILES string of the molecule is O=C(N[C@@H](C(=O)O)c1ccccc1)c1ccnnc1. The first-order chi connectivity index (χ1) is 9.18. The van der Waals surface area contributed by atoms with Crippen LogP contribution in [0, 0.1) is 0 Å². The average Bonchev–Trinajstić information content (AvgIpc) is 2.46. The van der Waals surface area contributed by atoms with Crippen molar-refractivity contribution in [3.63, 3.8) is 0 Å². The maximum absolute atomic E-state index is 11.9. The zero-order valence-corrected chi connectivity index (χ0v) is 9.85. The minimum absolute atomic E-state index is 0.261. The number of amides is 1. The van der Waals surface area contributed by atoms with E-state index in [9.17, 15) is 14.7 Å². The van der Waals surface area contributed by atoms with Crippen molar-refractivity contribution < 1.29 is 14.7 Å². The summed E-state index contributed by atoms with van der Waals surface area (Å²) in [7, 11) is 0. The maximum Gasteiger partial charge on any atom is 0.330 e. The van der Waals surface area contributed by atoms with E-state index in [2.05, 4.69) is 15.5 Å². The molecule has 1 amide bonds. The third-order valence-corrected chi connectivity index (χ3v) is 2.50. The second kappa shape index (κ2) is 5.72. The van der Waals surface area contributed by atoms with Crippen LogP contribution < -0.4 is 5.32 Å². The molecule has 0 aliphatic heterocycles. The number of nitrogens with one attached hydrogen (secondary N) is 1. The van der Waals surface area contributed by atoms with Crippen LogP contribution in [0.15, 0.2) is 48.8 Å². The quantitative estimate of drug-likeness (QED) is 0.853. The number of carboxylic acids is 1. The van der Waals surface area contributed by atoms with Gasteiger partial charge in [0, 0.05) is 0 Å². The Hall–Kier alpha value is -2.76. The Morgan fingerprint density at radius 2 is 1.84 bits per heavy atom. The van der Waals surface area contributed by atoms with Crippen molar-refractivity contribution in [3.05, 3.63) is 59.9 Å². The standard InChI is InChI=1S/C13H11N3O3/c17-12(10-6-7-14-15-8-10)16-11(13(18)19)9-4-2-1-3-5-9/h1-8,11H,(H,16,17)(H,18,19)/t11-/m1/s1. The van der Waals surface area contributed by atoms with Crippen molar-refractivity contribution in [2.45, 2.75) is 6.04 Å². The molecule has 2 N–H and O–H groups in total. The number of hydrogen-bond donors (Lipinski definition) is 2. The lowest BCUT2D eigenvalue weighted by Gasteiger charge is -2.14. The van der Waals surface area contributed by atoms with Crippen LogP contribution in [0.2, 0.25) is 0 Å². The van der Waals surface area contributed by atoms with Gasteiger partial charge in [-0.25, -0.2) is 4.79 Å². The summed E-state index contributed by atoms with van der Waals surface area (Å²) >= 11 is 0. The lowest BCUT2D eigenvalue weighted by Crippen LogP contribution is -2.33. The molecule has 0 radical (unpaired) electrons. The lowest BCUT2D eigenvalue weighted by atomic mass is 10.1. The Morgan fingerprint density at radius 3 is 2.42 bits per heavy atom. The van der Waals surface area contributed by atoms with Crippen LogP contribution in [-0.4, -0.2) is 27.2 Å². The fourth-order valence-corrected chi connectivity index (χ4v) is 1.57. The van der Waals surface area contributed by atoms with Crippen LogP contribution in [0.3, 0.4) is 0 Å². The van der Waals surface area contributed by atoms with Gasteiger partial charge in [0.2, 0.25) is 0 Å². The fraction of sp³-hybridized carbons (Fsp3) is 0.0769. The Morgan fingerprint density at radius 1 is 1.11 bits per heavy atom. The van der Waals surface area contributed by atoms with Crippen molar-refractivity contribution in [2.24, 2.45) is 0 Å². The van der Waals surface area contributed by atoms with Crippen LogP contribution in [0.4, 0.5) is 0 Å². The number of nitrogens with zero attached hydrogens (tertiary/aromatic N) is 2. The first kappa shape index (κ1) is 12.7. The molecule has 0 bridgehead atoms. The molecular weight excluding hydrogens is 246 g/mol. The van der Waals surface area contributed by atoms with Gasteiger partial charge in [-0.1, -0.05) is 30.3 Å². The Balaban J connectivity index is 2.19. The van der Waals surface area contributed by atoms with Gasteiger partial charge in [-0.05, 0) is 11.6 Å². The van der Waals surface area contributed by atoms with Crippen molar-refractivity contribution >= 4 is 11.9 Å². The second-order valence-electron chi connectivity index (χ2n) is 3.79. The molecule has 96 valence electrons. The summed E-state index contributed by atoms with van der Waals surface area (Å²) in [5, 5.41) is 18.7. The number of hydrogen-bond acceptors (Lipinski definition) is 4. The van der Waals surface area contributed by atoms with Gasteiger partial charge in [0.15, 0.2) is 6.04 Å². The van der Waals surface area contributed by atoms with Gasteiger partial charge in [-0.15, -0.1) is 0 Å². The Kier molecular flexibility index (Phi) is 3.82. The van der Waals surface area contributed by atoms with Gasteiger partial charge in [0.05, 0.1) is 18.0 Å². The average molecular weight is 257 g/mol. The second-order valence-corrected chi connectivity index (χ2v) is 3.79. The highest BCUT2D eigenvalue weighted by Crippen LogP contribution is 2.13. The molecule has 2 rings (SSSR count). The van der Waals surface area contributed by atoms with Gasteiger partial charge >= 0.3 is 5.97 Å². The molecule has 0 saturated carbocycles. The number of carboxylic acid groups (broad SMARTS) is 1. The number of carbonyl (C=O) groups excluding carboxylic acids is 1. The molecule has 1 atom stereocenters. The van der Waals surface area contributed by atoms with E-state index in [1.165, 1.54) is 18.5 Å². The third-order valence-electron chi connectivity index (χ3n) is 2.50. The Bertz CT molecular complexity index is 572. The van der Waals surface area contributed by atoms with E-state index in [1.54, 1.807) is 30.3 Å². The molecule has 19 heavy (non-hydrogen) atoms. The summed E-state index contributed by atoms with van der Waals surface area (Å²) in [6, 6.07) is 8.86. The van der Waals surface area contributed by atoms with Gasteiger partial charge < -0.3 is 10.4 Å². The van der Waals surface area contributed by atoms with Crippen LogP contribution in [0.1, 0.15) is 22.0 Å². The van der Waals surface area contributed by atoms with Crippen LogP contribution >= 0.6 is 0 Å². The van der Waals surface area contributed by atoms with Crippen LogP contribution in [-0.2, 0) is 4.79 Å². The minimum atomic E-state index is -1.12. The molecule has 6 heteroatoms. The van der Waals surface area contributed by atoms with E-state index in [0.29, 0.717) is 5.56 Å². The number of aromatic nitrogens is 2. The number of rotatable bonds is 4. The van der Waals surface area contributed by atoms with E-state index < -0.39 is 17.9 Å². The highest BCUT2D eigenvalue weighted by Gasteiger charge is 2.22. The monoisotopic (exact) mass is 257 g/mol. The fourth-order valence-electron chi connectivity index (χ4n) is 1.57. The first-order valence-corrected chi connectivity index (χ1v) is 5.54. The van der Waals surface area contributed by atoms with Gasteiger partial charge in [-0.2, -0.15) is 10.2 Å². The summed E-state index contributed by atoms with van der Waals surface area (Å²) in [5.41, 5.74) is 0.766. The van der Waals surface area contributed by atoms with Gasteiger partial charge in [0.25, 0.3) is 5.91 Å². The molecule has 6 nitrogen and oxygen atoms in total. The van der Waals surface area contributed by atoms with E-state index in [0.717, 1.165) is 0 Å². The van der Waals surface area contributed by atoms with Crippen molar-refractivity contribution in [2.75, 3.05) is 0 Å². The summed E-state index contributed by atoms with van der Waals surface area (Å²) in [6.07, 6.45) is 2.65. The third kappa shape index (κ3) is 3.12. The summed E-state index contributed by atoms with van der Waals surface area (Å²) in [5.74, 6) is -1.63. The molecule has 0 aliphatic carbocycles. The van der Waals surface area contributed by atoms with E-state index >= 15 is 0 Å². The van der Waals surface area contributed by atoms with Crippen molar-refractivity contribution in [1.29, 1.82) is 0 Å². The summed E-state index contributed by atoms with van der Waals surface area (Å²) < 4.78 is 0.